The largest absolute Gasteiger partial charge is 0.378 e. The monoisotopic (exact) mass is 425 g/mol. The number of ether oxygens (including phenoxy) is 1. The molecule has 0 saturated carbocycles. The summed E-state index contributed by atoms with van der Waals surface area (Å²) in [5, 5.41) is 0. The number of rotatable bonds is 7. The average Bonchev–Trinajstić information content (AvgIpc) is 2.73. The molecule has 162 valence electrons. The van der Waals surface area contributed by atoms with Gasteiger partial charge in [0, 0.05) is 51.7 Å². The van der Waals surface area contributed by atoms with Crippen molar-refractivity contribution in [2.24, 2.45) is 5.92 Å². The van der Waals surface area contributed by atoms with E-state index in [-0.39, 0.29) is 30.3 Å². The SMILES string of the molecule is CC(C)OCCS(=O)(=O)N1CCN(C(=O)[C@@H]2CCCN(c3ncccn3)C2)CC1. The third-order valence-corrected chi connectivity index (χ3v) is 7.18. The van der Waals surface area contributed by atoms with Crippen LogP contribution in [0, 0.1) is 5.92 Å². The van der Waals surface area contributed by atoms with Gasteiger partial charge in [-0.2, -0.15) is 4.31 Å². The number of sulfonamides is 1. The molecular weight excluding hydrogens is 394 g/mol. The van der Waals surface area contributed by atoms with Gasteiger partial charge in [-0.25, -0.2) is 18.4 Å². The molecule has 0 unspecified atom stereocenters. The molecule has 1 aromatic rings. The zero-order chi connectivity index (χ0) is 20.9. The number of carbonyl (C=O) groups is 1. The molecule has 0 radical (unpaired) electrons. The summed E-state index contributed by atoms with van der Waals surface area (Å²) in [6, 6.07) is 1.78. The van der Waals surface area contributed by atoms with Gasteiger partial charge in [0.05, 0.1) is 24.4 Å². The van der Waals surface area contributed by atoms with Crippen LogP contribution in [0.3, 0.4) is 0 Å². The highest BCUT2D eigenvalue weighted by molar-refractivity contribution is 7.89. The second-order valence-corrected chi connectivity index (χ2v) is 9.88. The Morgan fingerprint density at radius 3 is 2.52 bits per heavy atom. The zero-order valence-corrected chi connectivity index (χ0v) is 18.1. The number of piperazine rings is 1. The van der Waals surface area contributed by atoms with Gasteiger partial charge in [-0.15, -0.1) is 0 Å². The van der Waals surface area contributed by atoms with Crippen molar-refractivity contribution in [1.29, 1.82) is 0 Å². The molecule has 2 aliphatic heterocycles. The van der Waals surface area contributed by atoms with Gasteiger partial charge in [0.2, 0.25) is 21.9 Å². The fraction of sp³-hybridized carbons (Fsp3) is 0.737. The molecule has 3 rings (SSSR count). The third kappa shape index (κ3) is 5.86. The lowest BCUT2D eigenvalue weighted by Gasteiger charge is -2.38. The molecule has 10 heteroatoms. The molecule has 0 spiro atoms. The Morgan fingerprint density at radius 1 is 1.17 bits per heavy atom. The number of carbonyl (C=O) groups excluding carboxylic acids is 1. The van der Waals surface area contributed by atoms with E-state index in [1.165, 1.54) is 4.31 Å². The summed E-state index contributed by atoms with van der Waals surface area (Å²) in [6.07, 6.45) is 5.18. The van der Waals surface area contributed by atoms with E-state index in [9.17, 15) is 13.2 Å². The van der Waals surface area contributed by atoms with Gasteiger partial charge in [-0.1, -0.05) is 0 Å². The number of hydrogen-bond acceptors (Lipinski definition) is 7. The minimum Gasteiger partial charge on any atom is -0.378 e. The maximum absolute atomic E-state index is 13.0. The van der Waals surface area contributed by atoms with Gasteiger partial charge < -0.3 is 14.5 Å². The van der Waals surface area contributed by atoms with Crippen LogP contribution < -0.4 is 4.90 Å². The summed E-state index contributed by atoms with van der Waals surface area (Å²) in [4.78, 5) is 25.4. The van der Waals surface area contributed by atoms with Crippen LogP contribution in [0.15, 0.2) is 18.5 Å². The van der Waals surface area contributed by atoms with Gasteiger partial charge in [0.25, 0.3) is 0 Å². The first-order chi connectivity index (χ1) is 13.9. The lowest BCUT2D eigenvalue weighted by molar-refractivity contribution is -0.137. The van der Waals surface area contributed by atoms with Crippen molar-refractivity contribution in [3.05, 3.63) is 18.5 Å². The van der Waals surface area contributed by atoms with E-state index in [1.54, 1.807) is 23.4 Å². The van der Waals surface area contributed by atoms with Crippen molar-refractivity contribution in [2.75, 3.05) is 56.5 Å². The summed E-state index contributed by atoms with van der Waals surface area (Å²) in [6.45, 7) is 6.95. The minimum absolute atomic E-state index is 0.0102. The molecule has 2 aliphatic rings. The summed E-state index contributed by atoms with van der Waals surface area (Å²) in [5.74, 6) is 0.638. The number of anilines is 1. The van der Waals surface area contributed by atoms with Gasteiger partial charge in [0.1, 0.15) is 0 Å². The summed E-state index contributed by atoms with van der Waals surface area (Å²) < 4.78 is 31.8. The number of amides is 1. The molecule has 3 heterocycles. The molecule has 0 bridgehead atoms. The molecule has 2 fully saturated rings. The maximum Gasteiger partial charge on any atom is 0.227 e. The zero-order valence-electron chi connectivity index (χ0n) is 17.2. The van der Waals surface area contributed by atoms with Gasteiger partial charge >= 0.3 is 0 Å². The first-order valence-corrected chi connectivity index (χ1v) is 11.9. The Labute approximate surface area is 173 Å². The highest BCUT2D eigenvalue weighted by Crippen LogP contribution is 2.22. The molecule has 1 aromatic heterocycles. The number of aromatic nitrogens is 2. The molecule has 0 N–H and O–H groups in total. The van der Waals surface area contributed by atoms with Crippen LogP contribution in [0.2, 0.25) is 0 Å². The number of nitrogens with zero attached hydrogens (tertiary/aromatic N) is 5. The molecule has 0 aromatic carbocycles. The first kappa shape index (κ1) is 21.9. The Bertz CT molecular complexity index is 766. The highest BCUT2D eigenvalue weighted by Gasteiger charge is 2.34. The van der Waals surface area contributed by atoms with Crippen molar-refractivity contribution in [1.82, 2.24) is 19.2 Å². The lowest BCUT2D eigenvalue weighted by Crippen LogP contribution is -2.54. The molecular formula is C19H31N5O4S. The molecule has 9 nitrogen and oxygen atoms in total. The van der Waals surface area contributed by atoms with E-state index < -0.39 is 10.0 Å². The van der Waals surface area contributed by atoms with E-state index in [2.05, 4.69) is 14.9 Å². The van der Waals surface area contributed by atoms with Crippen molar-refractivity contribution in [2.45, 2.75) is 32.8 Å². The van der Waals surface area contributed by atoms with Crippen LogP contribution in [0.1, 0.15) is 26.7 Å². The van der Waals surface area contributed by atoms with Crippen LogP contribution in [0.5, 0.6) is 0 Å². The summed E-state index contributed by atoms with van der Waals surface area (Å²) >= 11 is 0. The summed E-state index contributed by atoms with van der Waals surface area (Å²) in [5.41, 5.74) is 0. The lowest BCUT2D eigenvalue weighted by atomic mass is 9.96. The van der Waals surface area contributed by atoms with E-state index in [4.69, 9.17) is 4.74 Å². The fourth-order valence-corrected chi connectivity index (χ4v) is 5.06. The Morgan fingerprint density at radius 2 is 1.86 bits per heavy atom. The maximum atomic E-state index is 13.0. The van der Waals surface area contributed by atoms with Crippen molar-refractivity contribution >= 4 is 21.9 Å². The predicted molar refractivity (Wildman–Crippen MR) is 110 cm³/mol. The van der Waals surface area contributed by atoms with E-state index in [0.717, 1.165) is 19.4 Å². The Balaban J connectivity index is 1.50. The fourth-order valence-electron chi connectivity index (χ4n) is 3.78. The van der Waals surface area contributed by atoms with Crippen LogP contribution in [0.25, 0.3) is 0 Å². The van der Waals surface area contributed by atoms with E-state index in [0.29, 0.717) is 38.7 Å². The molecule has 29 heavy (non-hydrogen) atoms. The van der Waals surface area contributed by atoms with Crippen molar-refractivity contribution < 1.29 is 17.9 Å². The highest BCUT2D eigenvalue weighted by atomic mass is 32.2. The molecule has 1 amide bonds. The van der Waals surface area contributed by atoms with Crippen molar-refractivity contribution in [3.8, 4) is 0 Å². The second kappa shape index (κ2) is 9.82. The van der Waals surface area contributed by atoms with Crippen molar-refractivity contribution in [3.63, 3.8) is 0 Å². The number of piperidine rings is 1. The van der Waals surface area contributed by atoms with E-state index >= 15 is 0 Å². The second-order valence-electron chi connectivity index (χ2n) is 7.79. The smallest absolute Gasteiger partial charge is 0.227 e. The van der Waals surface area contributed by atoms with Gasteiger partial charge in [-0.05, 0) is 32.8 Å². The third-order valence-electron chi connectivity index (χ3n) is 5.34. The Kier molecular flexibility index (Phi) is 7.42. The number of hydrogen-bond donors (Lipinski definition) is 0. The van der Waals surface area contributed by atoms with Crippen LogP contribution in [-0.2, 0) is 19.6 Å². The Hall–Kier alpha value is -1.78. The van der Waals surface area contributed by atoms with Crippen LogP contribution in [0.4, 0.5) is 5.95 Å². The van der Waals surface area contributed by atoms with Gasteiger partial charge in [0.15, 0.2) is 0 Å². The predicted octanol–water partition coefficient (Wildman–Crippen LogP) is 0.592. The summed E-state index contributed by atoms with van der Waals surface area (Å²) in [7, 11) is -3.35. The van der Waals surface area contributed by atoms with Crippen LogP contribution >= 0.6 is 0 Å². The molecule has 2 saturated heterocycles. The average molecular weight is 426 g/mol. The van der Waals surface area contributed by atoms with E-state index in [1.807, 2.05) is 13.8 Å². The minimum atomic E-state index is -3.35. The first-order valence-electron chi connectivity index (χ1n) is 10.3. The van der Waals surface area contributed by atoms with Gasteiger partial charge in [-0.3, -0.25) is 4.79 Å². The quantitative estimate of drug-likeness (QED) is 0.631. The standard InChI is InChI=1S/C19H31N5O4S/c1-16(2)28-13-14-29(26,27)24-11-9-22(10-12-24)18(25)17-5-3-8-23(15-17)19-20-6-4-7-21-19/h4,6-7,16-17H,3,5,8-15H2,1-2H3/t17-/m1/s1. The van der Waals surface area contributed by atoms with Crippen LogP contribution in [-0.4, -0.2) is 91.2 Å². The topological polar surface area (TPSA) is 95.9 Å². The molecule has 1 atom stereocenters. The molecule has 0 aliphatic carbocycles. The normalized spacial score (nSPS) is 21.6.